The second-order valence-corrected chi connectivity index (χ2v) is 5.61. The van der Waals surface area contributed by atoms with Crippen molar-refractivity contribution >= 4 is 21.6 Å². The standard InChI is InChI=1S/C15H15BrN4O/c16-12-9-11(4-5-13(12)21)10-17-7-6-15-19-18-14-3-1-2-8-20(14)15/h1-5,8-9,17,21H,6-7,10H2. The third kappa shape index (κ3) is 3.22. The maximum atomic E-state index is 9.46. The minimum Gasteiger partial charge on any atom is -0.507 e. The van der Waals surface area contributed by atoms with Gasteiger partial charge in [0.05, 0.1) is 4.47 Å². The molecule has 0 fully saturated rings. The van der Waals surface area contributed by atoms with Crippen molar-refractivity contribution in [1.29, 1.82) is 0 Å². The van der Waals surface area contributed by atoms with Crippen LogP contribution in [-0.4, -0.2) is 26.2 Å². The van der Waals surface area contributed by atoms with Gasteiger partial charge in [-0.25, -0.2) is 0 Å². The molecule has 108 valence electrons. The van der Waals surface area contributed by atoms with Crippen LogP contribution in [0.4, 0.5) is 0 Å². The molecule has 0 spiro atoms. The molecular weight excluding hydrogens is 332 g/mol. The first-order valence-electron chi connectivity index (χ1n) is 6.71. The summed E-state index contributed by atoms with van der Waals surface area (Å²) in [6, 6.07) is 11.4. The Kier molecular flexibility index (Phi) is 4.17. The summed E-state index contributed by atoms with van der Waals surface area (Å²) in [5, 5.41) is 21.1. The van der Waals surface area contributed by atoms with E-state index in [9.17, 15) is 5.11 Å². The van der Waals surface area contributed by atoms with E-state index in [2.05, 4.69) is 31.4 Å². The SMILES string of the molecule is Oc1ccc(CNCCc2nnc3ccccn23)cc1Br. The smallest absolute Gasteiger partial charge is 0.160 e. The first-order chi connectivity index (χ1) is 10.2. The lowest BCUT2D eigenvalue weighted by Crippen LogP contribution is -2.17. The van der Waals surface area contributed by atoms with Crippen molar-refractivity contribution in [3.8, 4) is 5.75 Å². The molecule has 2 heterocycles. The zero-order valence-corrected chi connectivity index (χ0v) is 12.9. The lowest BCUT2D eigenvalue weighted by molar-refractivity contribution is 0.471. The largest absolute Gasteiger partial charge is 0.507 e. The quantitative estimate of drug-likeness (QED) is 0.697. The highest BCUT2D eigenvalue weighted by atomic mass is 79.9. The topological polar surface area (TPSA) is 62.5 Å². The fourth-order valence-corrected chi connectivity index (χ4v) is 2.58. The number of halogens is 1. The maximum Gasteiger partial charge on any atom is 0.160 e. The molecule has 5 nitrogen and oxygen atoms in total. The first kappa shape index (κ1) is 14.0. The average molecular weight is 347 g/mol. The Morgan fingerprint density at radius 2 is 2.10 bits per heavy atom. The lowest BCUT2D eigenvalue weighted by Gasteiger charge is -2.06. The van der Waals surface area contributed by atoms with E-state index < -0.39 is 0 Å². The van der Waals surface area contributed by atoms with Gasteiger partial charge in [-0.1, -0.05) is 12.1 Å². The van der Waals surface area contributed by atoms with Gasteiger partial charge >= 0.3 is 0 Å². The predicted octanol–water partition coefficient (Wildman–Crippen LogP) is 2.53. The second kappa shape index (κ2) is 6.24. The van der Waals surface area contributed by atoms with Crippen LogP contribution in [0.15, 0.2) is 47.1 Å². The molecule has 3 rings (SSSR count). The van der Waals surface area contributed by atoms with Gasteiger partial charge in [0.1, 0.15) is 11.6 Å². The Hall–Kier alpha value is -1.92. The highest BCUT2D eigenvalue weighted by Crippen LogP contribution is 2.24. The summed E-state index contributed by atoms with van der Waals surface area (Å²) in [5.41, 5.74) is 1.99. The third-order valence-electron chi connectivity index (χ3n) is 3.25. The molecule has 1 aromatic carbocycles. The number of nitrogens with one attached hydrogen (secondary N) is 1. The number of phenols is 1. The third-order valence-corrected chi connectivity index (χ3v) is 3.89. The first-order valence-corrected chi connectivity index (χ1v) is 7.50. The van der Waals surface area contributed by atoms with Crippen LogP contribution in [0.5, 0.6) is 5.75 Å². The molecule has 0 aliphatic heterocycles. The van der Waals surface area contributed by atoms with Gasteiger partial charge in [-0.3, -0.25) is 4.40 Å². The maximum absolute atomic E-state index is 9.46. The highest BCUT2D eigenvalue weighted by Gasteiger charge is 2.04. The van der Waals surface area contributed by atoms with Crippen molar-refractivity contribution in [3.63, 3.8) is 0 Å². The van der Waals surface area contributed by atoms with Crippen LogP contribution < -0.4 is 5.32 Å². The number of hydrogen-bond acceptors (Lipinski definition) is 4. The summed E-state index contributed by atoms with van der Waals surface area (Å²) < 4.78 is 2.71. The Morgan fingerprint density at radius 1 is 1.19 bits per heavy atom. The zero-order valence-electron chi connectivity index (χ0n) is 11.3. The van der Waals surface area contributed by atoms with Crippen LogP contribution in [0.1, 0.15) is 11.4 Å². The van der Waals surface area contributed by atoms with Crippen molar-refractivity contribution < 1.29 is 5.11 Å². The number of phenolic OH excluding ortho intramolecular Hbond substituents is 1. The minimum atomic E-state index is 0.258. The Labute approximate surface area is 130 Å². The number of hydrogen-bond donors (Lipinski definition) is 2. The Bertz CT molecular complexity index is 756. The van der Waals surface area contributed by atoms with Crippen molar-refractivity contribution in [2.75, 3.05) is 6.54 Å². The number of aromatic hydroxyl groups is 1. The van der Waals surface area contributed by atoms with Gasteiger partial charge in [0, 0.05) is 25.7 Å². The number of fused-ring (bicyclic) bond motifs is 1. The molecule has 0 saturated heterocycles. The van der Waals surface area contributed by atoms with Crippen LogP contribution in [0, 0.1) is 0 Å². The van der Waals surface area contributed by atoms with E-state index in [-0.39, 0.29) is 5.75 Å². The van der Waals surface area contributed by atoms with E-state index in [0.717, 1.165) is 36.5 Å². The minimum absolute atomic E-state index is 0.258. The molecule has 0 aliphatic rings. The van der Waals surface area contributed by atoms with Gasteiger partial charge in [-0.05, 0) is 45.8 Å². The van der Waals surface area contributed by atoms with E-state index in [1.54, 1.807) is 6.07 Å². The molecule has 3 aromatic rings. The van der Waals surface area contributed by atoms with Gasteiger partial charge < -0.3 is 10.4 Å². The molecule has 2 N–H and O–H groups in total. The number of pyridine rings is 1. The molecule has 0 bridgehead atoms. The highest BCUT2D eigenvalue weighted by molar-refractivity contribution is 9.10. The van der Waals surface area contributed by atoms with Crippen molar-refractivity contribution in [2.45, 2.75) is 13.0 Å². The van der Waals surface area contributed by atoms with Gasteiger partial charge in [0.15, 0.2) is 5.65 Å². The molecule has 21 heavy (non-hydrogen) atoms. The van der Waals surface area contributed by atoms with E-state index in [1.807, 2.05) is 40.9 Å². The lowest BCUT2D eigenvalue weighted by atomic mass is 10.2. The van der Waals surface area contributed by atoms with Crippen LogP contribution in [0.2, 0.25) is 0 Å². The van der Waals surface area contributed by atoms with E-state index in [1.165, 1.54) is 0 Å². The monoisotopic (exact) mass is 346 g/mol. The summed E-state index contributed by atoms with van der Waals surface area (Å²) >= 11 is 3.31. The van der Waals surface area contributed by atoms with E-state index in [0.29, 0.717) is 4.47 Å². The summed E-state index contributed by atoms with van der Waals surface area (Å²) in [6.07, 6.45) is 2.78. The van der Waals surface area contributed by atoms with Crippen molar-refractivity contribution in [3.05, 3.63) is 58.5 Å². The van der Waals surface area contributed by atoms with Crippen LogP contribution in [0.3, 0.4) is 0 Å². The van der Waals surface area contributed by atoms with E-state index >= 15 is 0 Å². The number of aromatic nitrogens is 3. The molecule has 6 heteroatoms. The van der Waals surface area contributed by atoms with Gasteiger partial charge in [-0.2, -0.15) is 0 Å². The Balaban J connectivity index is 1.55. The molecule has 0 atom stereocenters. The van der Waals surface area contributed by atoms with E-state index in [4.69, 9.17) is 0 Å². The molecule has 0 unspecified atom stereocenters. The fourth-order valence-electron chi connectivity index (χ4n) is 2.15. The average Bonchev–Trinajstić information content (AvgIpc) is 2.91. The summed E-state index contributed by atoms with van der Waals surface area (Å²) in [4.78, 5) is 0. The number of rotatable bonds is 5. The summed E-state index contributed by atoms with van der Waals surface area (Å²) in [6.45, 7) is 1.56. The van der Waals surface area contributed by atoms with Crippen molar-refractivity contribution in [2.24, 2.45) is 0 Å². The fraction of sp³-hybridized carbons (Fsp3) is 0.200. The predicted molar refractivity (Wildman–Crippen MR) is 84.2 cm³/mol. The molecule has 2 aromatic heterocycles. The molecule has 0 aliphatic carbocycles. The van der Waals surface area contributed by atoms with Crippen LogP contribution >= 0.6 is 15.9 Å². The normalized spacial score (nSPS) is 11.1. The number of benzene rings is 1. The van der Waals surface area contributed by atoms with Gasteiger partial charge in [0.2, 0.25) is 0 Å². The second-order valence-electron chi connectivity index (χ2n) is 4.76. The van der Waals surface area contributed by atoms with Crippen molar-refractivity contribution in [1.82, 2.24) is 19.9 Å². The Morgan fingerprint density at radius 3 is 2.95 bits per heavy atom. The molecular formula is C15H15BrN4O. The van der Waals surface area contributed by atoms with Gasteiger partial charge in [0.25, 0.3) is 0 Å². The van der Waals surface area contributed by atoms with Gasteiger partial charge in [-0.15, -0.1) is 10.2 Å². The zero-order chi connectivity index (χ0) is 14.7. The molecule has 0 saturated carbocycles. The van der Waals surface area contributed by atoms with Crippen LogP contribution in [0.25, 0.3) is 5.65 Å². The summed E-state index contributed by atoms with van der Waals surface area (Å²) in [5.74, 6) is 1.21. The van der Waals surface area contributed by atoms with Crippen LogP contribution in [-0.2, 0) is 13.0 Å². The summed E-state index contributed by atoms with van der Waals surface area (Å²) in [7, 11) is 0. The molecule has 0 radical (unpaired) electrons. The molecule has 0 amide bonds. The number of nitrogens with zero attached hydrogens (tertiary/aromatic N) is 3.